The summed E-state index contributed by atoms with van der Waals surface area (Å²) in [6.45, 7) is 1.33. The van der Waals surface area contributed by atoms with Gasteiger partial charge < -0.3 is 5.32 Å². The average Bonchev–Trinajstić information content (AvgIpc) is 3.44. The maximum absolute atomic E-state index is 3.92. The van der Waals surface area contributed by atoms with Crippen molar-refractivity contribution in [3.05, 3.63) is 35.9 Å². The first-order valence-electron chi connectivity index (χ1n) is 9.13. The van der Waals surface area contributed by atoms with E-state index in [9.17, 15) is 0 Å². The quantitative estimate of drug-likeness (QED) is 0.846. The van der Waals surface area contributed by atoms with E-state index in [4.69, 9.17) is 0 Å². The smallest absolute Gasteiger partial charge is 0.00684 e. The van der Waals surface area contributed by atoms with E-state index in [-0.39, 0.29) is 0 Å². The molecular formula is C20H27N. The topological polar surface area (TPSA) is 12.0 Å². The number of rotatable bonds is 5. The monoisotopic (exact) mass is 281 g/mol. The first-order chi connectivity index (χ1) is 10.4. The van der Waals surface area contributed by atoms with E-state index in [1.165, 1.54) is 45.1 Å². The maximum atomic E-state index is 3.92. The van der Waals surface area contributed by atoms with Gasteiger partial charge in [-0.05, 0) is 73.2 Å². The Balaban J connectivity index is 1.38. The highest BCUT2D eigenvalue weighted by molar-refractivity contribution is 5.29. The molecule has 4 aliphatic rings. The average molecular weight is 281 g/mol. The van der Waals surface area contributed by atoms with Gasteiger partial charge in [0.05, 0.1) is 0 Å². The van der Waals surface area contributed by atoms with Gasteiger partial charge in [0, 0.05) is 12.6 Å². The van der Waals surface area contributed by atoms with Crippen molar-refractivity contribution >= 4 is 0 Å². The summed E-state index contributed by atoms with van der Waals surface area (Å²) in [5.74, 6) is 3.94. The van der Waals surface area contributed by atoms with Gasteiger partial charge in [-0.1, -0.05) is 36.8 Å². The van der Waals surface area contributed by atoms with Crippen molar-refractivity contribution in [1.29, 1.82) is 0 Å². The summed E-state index contributed by atoms with van der Waals surface area (Å²) in [6, 6.07) is 12.2. The first-order valence-corrected chi connectivity index (χ1v) is 9.13. The molecule has 0 aliphatic heterocycles. The fraction of sp³-hybridized carbons (Fsp3) is 0.700. The lowest BCUT2D eigenvalue weighted by molar-refractivity contribution is 0.121. The molecule has 4 saturated carbocycles. The normalized spacial score (nSPS) is 44.2. The van der Waals surface area contributed by atoms with E-state index >= 15 is 0 Å². The van der Waals surface area contributed by atoms with Crippen molar-refractivity contribution in [3.63, 3.8) is 0 Å². The van der Waals surface area contributed by atoms with Crippen LogP contribution in [-0.4, -0.2) is 12.6 Å². The summed E-state index contributed by atoms with van der Waals surface area (Å²) in [7, 11) is 0. The molecule has 4 aliphatic carbocycles. The number of hydrogen-bond donors (Lipinski definition) is 1. The van der Waals surface area contributed by atoms with Gasteiger partial charge in [-0.15, -0.1) is 0 Å². The Morgan fingerprint density at radius 1 is 1.00 bits per heavy atom. The standard InChI is InChI=1S/C20H27N/c1-2-4-15(5-3-1)18-11-19(18)20(13-21-17-8-9-17)12-14-6-7-16(20)10-14/h1-5,14,16-19,21H,6-13H2. The Bertz CT molecular complexity index is 520. The lowest BCUT2D eigenvalue weighted by atomic mass is 9.68. The number of hydrogen-bond acceptors (Lipinski definition) is 1. The van der Waals surface area contributed by atoms with Crippen LogP contribution in [0.5, 0.6) is 0 Å². The van der Waals surface area contributed by atoms with Gasteiger partial charge >= 0.3 is 0 Å². The van der Waals surface area contributed by atoms with Crippen molar-refractivity contribution in [3.8, 4) is 0 Å². The molecule has 112 valence electrons. The van der Waals surface area contributed by atoms with Gasteiger partial charge in [-0.25, -0.2) is 0 Å². The molecule has 5 atom stereocenters. The van der Waals surface area contributed by atoms with Crippen LogP contribution in [0.3, 0.4) is 0 Å². The molecule has 1 nitrogen and oxygen atoms in total. The van der Waals surface area contributed by atoms with Crippen LogP contribution in [0, 0.1) is 23.2 Å². The molecule has 5 rings (SSSR count). The van der Waals surface area contributed by atoms with Crippen LogP contribution < -0.4 is 5.32 Å². The summed E-state index contributed by atoms with van der Waals surface area (Å²) < 4.78 is 0. The molecule has 4 fully saturated rings. The first kappa shape index (κ1) is 12.7. The van der Waals surface area contributed by atoms with Crippen LogP contribution in [0.15, 0.2) is 30.3 Å². The molecular weight excluding hydrogens is 254 g/mol. The van der Waals surface area contributed by atoms with Crippen LogP contribution in [0.2, 0.25) is 0 Å². The minimum absolute atomic E-state index is 0.659. The van der Waals surface area contributed by atoms with E-state index < -0.39 is 0 Å². The summed E-state index contributed by atoms with van der Waals surface area (Å²) >= 11 is 0. The van der Waals surface area contributed by atoms with Gasteiger partial charge in [0.15, 0.2) is 0 Å². The molecule has 21 heavy (non-hydrogen) atoms. The molecule has 0 amide bonds. The van der Waals surface area contributed by atoms with Gasteiger partial charge in [-0.3, -0.25) is 0 Å². The largest absolute Gasteiger partial charge is 0.313 e. The summed E-state index contributed by atoms with van der Waals surface area (Å²) in [5, 5.41) is 3.92. The van der Waals surface area contributed by atoms with Gasteiger partial charge in [0.25, 0.3) is 0 Å². The molecule has 1 N–H and O–H groups in total. The Kier molecular flexibility index (Phi) is 2.77. The third kappa shape index (κ3) is 2.08. The molecule has 0 aromatic heterocycles. The van der Waals surface area contributed by atoms with Crippen LogP contribution in [-0.2, 0) is 0 Å². The molecule has 0 radical (unpaired) electrons. The number of fused-ring (bicyclic) bond motifs is 2. The third-order valence-corrected chi connectivity index (χ3v) is 7.08. The minimum Gasteiger partial charge on any atom is -0.313 e. The van der Waals surface area contributed by atoms with Crippen molar-refractivity contribution in [2.24, 2.45) is 23.2 Å². The molecule has 0 spiro atoms. The SMILES string of the molecule is c1ccc(C2CC2C2(CNC3CC3)CC3CCC2C3)cc1. The fourth-order valence-electron chi connectivity index (χ4n) is 5.81. The molecule has 1 heteroatoms. The molecule has 5 unspecified atom stereocenters. The Morgan fingerprint density at radius 2 is 1.86 bits per heavy atom. The summed E-state index contributed by atoms with van der Waals surface area (Å²) in [4.78, 5) is 0. The second-order valence-corrected chi connectivity index (χ2v) is 8.33. The Morgan fingerprint density at radius 3 is 2.52 bits per heavy atom. The predicted octanol–water partition coefficient (Wildman–Crippen LogP) is 4.35. The minimum atomic E-state index is 0.659. The molecule has 0 saturated heterocycles. The highest BCUT2D eigenvalue weighted by Gasteiger charge is 2.61. The molecule has 1 aromatic rings. The van der Waals surface area contributed by atoms with Crippen molar-refractivity contribution < 1.29 is 0 Å². The lowest BCUT2D eigenvalue weighted by Crippen LogP contribution is -2.41. The van der Waals surface area contributed by atoms with Gasteiger partial charge in [-0.2, -0.15) is 0 Å². The lowest BCUT2D eigenvalue weighted by Gasteiger charge is -2.39. The zero-order valence-electron chi connectivity index (χ0n) is 12.9. The highest BCUT2D eigenvalue weighted by atomic mass is 15.0. The second kappa shape index (κ2) is 4.59. The zero-order chi connectivity index (χ0) is 13.9. The number of benzene rings is 1. The molecule has 1 aromatic carbocycles. The highest BCUT2D eigenvalue weighted by Crippen LogP contribution is 2.68. The molecule has 2 bridgehead atoms. The van der Waals surface area contributed by atoms with E-state index in [0.717, 1.165) is 29.7 Å². The van der Waals surface area contributed by atoms with Crippen molar-refractivity contribution in [2.75, 3.05) is 6.54 Å². The van der Waals surface area contributed by atoms with Crippen molar-refractivity contribution in [2.45, 2.75) is 56.9 Å². The van der Waals surface area contributed by atoms with Crippen LogP contribution in [0.1, 0.15) is 56.4 Å². The van der Waals surface area contributed by atoms with Crippen LogP contribution in [0.4, 0.5) is 0 Å². The summed E-state index contributed by atoms with van der Waals surface area (Å²) in [5.41, 5.74) is 2.27. The zero-order valence-corrected chi connectivity index (χ0v) is 12.9. The van der Waals surface area contributed by atoms with E-state index in [1.807, 2.05) is 0 Å². The van der Waals surface area contributed by atoms with Gasteiger partial charge in [0.1, 0.15) is 0 Å². The summed E-state index contributed by atoms with van der Waals surface area (Å²) in [6.07, 6.45) is 10.4. The third-order valence-electron chi connectivity index (χ3n) is 7.08. The molecule has 0 heterocycles. The van der Waals surface area contributed by atoms with Crippen LogP contribution in [0.25, 0.3) is 0 Å². The Labute approximate surface area is 128 Å². The maximum Gasteiger partial charge on any atom is 0.00684 e. The van der Waals surface area contributed by atoms with E-state index in [0.29, 0.717) is 5.41 Å². The van der Waals surface area contributed by atoms with Crippen LogP contribution >= 0.6 is 0 Å². The number of nitrogens with one attached hydrogen (secondary N) is 1. The predicted molar refractivity (Wildman–Crippen MR) is 86.2 cm³/mol. The van der Waals surface area contributed by atoms with E-state index in [1.54, 1.807) is 12.0 Å². The van der Waals surface area contributed by atoms with Gasteiger partial charge in [0.2, 0.25) is 0 Å². The van der Waals surface area contributed by atoms with Crippen molar-refractivity contribution in [1.82, 2.24) is 5.32 Å². The fourth-order valence-corrected chi connectivity index (χ4v) is 5.81. The second-order valence-electron chi connectivity index (χ2n) is 8.33. The van der Waals surface area contributed by atoms with E-state index in [2.05, 4.69) is 35.6 Å². The Hall–Kier alpha value is -0.820.